The highest BCUT2D eigenvalue weighted by Gasteiger charge is 2.25. The number of benzene rings is 3. The molecule has 0 saturated heterocycles. The van der Waals surface area contributed by atoms with Crippen molar-refractivity contribution in [3.63, 3.8) is 0 Å². The molecule has 1 heterocycles. The molecule has 1 aliphatic rings. The molecule has 0 aliphatic heterocycles. The van der Waals surface area contributed by atoms with Crippen molar-refractivity contribution in [3.8, 4) is 0 Å². The minimum atomic E-state index is -0.0629. The van der Waals surface area contributed by atoms with Gasteiger partial charge >= 0.3 is 0 Å². The lowest BCUT2D eigenvalue weighted by atomic mass is 9.87. The van der Waals surface area contributed by atoms with Crippen LogP contribution in [0.5, 0.6) is 0 Å². The number of aryl methyl sites for hydroxylation is 2. The molecule has 0 fully saturated rings. The Morgan fingerprint density at radius 2 is 1.90 bits per heavy atom. The zero-order chi connectivity index (χ0) is 21.4. The van der Waals surface area contributed by atoms with Crippen molar-refractivity contribution in [2.75, 3.05) is 0 Å². The molecule has 0 radical (unpaired) electrons. The highest BCUT2D eigenvalue weighted by atomic mass is 35.5. The summed E-state index contributed by atoms with van der Waals surface area (Å²) in [5.74, 6) is -0.0629. The number of amides is 1. The molecule has 31 heavy (non-hydrogen) atoms. The van der Waals surface area contributed by atoms with Crippen molar-refractivity contribution >= 4 is 40.2 Å². The summed E-state index contributed by atoms with van der Waals surface area (Å²) in [6.07, 6.45) is 3.12. The number of fused-ring (bicyclic) bond motifs is 2. The zero-order valence-electron chi connectivity index (χ0n) is 17.2. The smallest absolute Gasteiger partial charge is 0.269 e. The van der Waals surface area contributed by atoms with Gasteiger partial charge in [0, 0.05) is 20.8 Å². The molecular formula is C26H23ClN2OS. The number of carbonyl (C=O) groups is 1. The van der Waals surface area contributed by atoms with Gasteiger partial charge < -0.3 is 10.3 Å². The fourth-order valence-corrected chi connectivity index (χ4v) is 5.47. The molecule has 0 bridgehead atoms. The lowest BCUT2D eigenvalue weighted by Gasteiger charge is -2.26. The number of halogens is 1. The number of nitrogens with one attached hydrogen (secondary N) is 2. The number of carbonyl (C=O) groups excluding carboxylic acids is 1. The molecule has 1 atom stereocenters. The number of aromatic nitrogens is 1. The second-order valence-corrected chi connectivity index (χ2v) is 9.57. The van der Waals surface area contributed by atoms with E-state index < -0.39 is 0 Å². The summed E-state index contributed by atoms with van der Waals surface area (Å²) in [4.78, 5) is 18.8. The molecule has 0 spiro atoms. The van der Waals surface area contributed by atoms with Gasteiger partial charge in [-0.05, 0) is 73.2 Å². The van der Waals surface area contributed by atoms with Gasteiger partial charge in [-0.3, -0.25) is 4.79 Å². The van der Waals surface area contributed by atoms with Crippen LogP contribution >= 0.6 is 23.4 Å². The highest BCUT2D eigenvalue weighted by molar-refractivity contribution is 7.99. The quantitative estimate of drug-likeness (QED) is 0.351. The van der Waals surface area contributed by atoms with E-state index in [-0.39, 0.29) is 11.9 Å². The van der Waals surface area contributed by atoms with Gasteiger partial charge in [0.15, 0.2) is 0 Å². The predicted molar refractivity (Wildman–Crippen MR) is 128 cm³/mol. The SMILES string of the molecule is Cc1ccc2c(Sc3ccc(Cl)cc3)c(C(=O)N[C@@H]3CCCc4ccccc43)[nH]c2c1. The minimum Gasteiger partial charge on any atom is -0.350 e. The molecule has 0 unspecified atom stereocenters. The van der Waals surface area contributed by atoms with Gasteiger partial charge in [0.05, 0.1) is 10.9 Å². The second-order valence-electron chi connectivity index (χ2n) is 8.05. The first kappa shape index (κ1) is 20.2. The van der Waals surface area contributed by atoms with Gasteiger partial charge in [-0.15, -0.1) is 0 Å². The maximum absolute atomic E-state index is 13.5. The van der Waals surface area contributed by atoms with Crippen LogP contribution in [0, 0.1) is 6.92 Å². The maximum atomic E-state index is 13.5. The first-order valence-corrected chi connectivity index (χ1v) is 11.7. The van der Waals surface area contributed by atoms with Crippen molar-refractivity contribution in [2.24, 2.45) is 0 Å². The summed E-state index contributed by atoms with van der Waals surface area (Å²) in [6, 6.07) is 22.5. The summed E-state index contributed by atoms with van der Waals surface area (Å²) >= 11 is 7.65. The Hall–Kier alpha value is -2.69. The van der Waals surface area contributed by atoms with E-state index in [0.29, 0.717) is 10.7 Å². The van der Waals surface area contributed by atoms with Crippen LogP contribution in [0.4, 0.5) is 0 Å². The molecular weight excluding hydrogens is 424 g/mol. The molecule has 156 valence electrons. The summed E-state index contributed by atoms with van der Waals surface area (Å²) in [5.41, 5.74) is 5.32. The highest BCUT2D eigenvalue weighted by Crippen LogP contribution is 2.38. The predicted octanol–water partition coefficient (Wildman–Crippen LogP) is 7.09. The monoisotopic (exact) mass is 446 g/mol. The van der Waals surface area contributed by atoms with Crippen LogP contribution in [0.1, 0.15) is 46.1 Å². The zero-order valence-corrected chi connectivity index (χ0v) is 18.8. The molecule has 5 heteroatoms. The molecule has 4 aromatic rings. The molecule has 1 aromatic heterocycles. The summed E-state index contributed by atoms with van der Waals surface area (Å²) in [5, 5.41) is 5.05. The average molecular weight is 447 g/mol. The second kappa shape index (κ2) is 8.45. The topological polar surface area (TPSA) is 44.9 Å². The molecule has 1 amide bonds. The molecule has 2 N–H and O–H groups in total. The maximum Gasteiger partial charge on any atom is 0.269 e. The third-order valence-electron chi connectivity index (χ3n) is 5.84. The third kappa shape index (κ3) is 4.10. The van der Waals surface area contributed by atoms with Crippen molar-refractivity contribution < 1.29 is 4.79 Å². The Morgan fingerprint density at radius 1 is 1.10 bits per heavy atom. The van der Waals surface area contributed by atoms with E-state index in [1.807, 2.05) is 24.3 Å². The Balaban J connectivity index is 1.51. The van der Waals surface area contributed by atoms with E-state index in [1.54, 1.807) is 11.8 Å². The Bertz CT molecular complexity index is 1260. The molecule has 3 nitrogen and oxygen atoms in total. The summed E-state index contributed by atoms with van der Waals surface area (Å²) in [7, 11) is 0. The van der Waals surface area contributed by atoms with E-state index in [4.69, 9.17) is 11.6 Å². The third-order valence-corrected chi connectivity index (χ3v) is 7.23. The van der Waals surface area contributed by atoms with Gasteiger partial charge in [-0.1, -0.05) is 59.8 Å². The summed E-state index contributed by atoms with van der Waals surface area (Å²) < 4.78 is 0. The molecule has 5 rings (SSSR count). The minimum absolute atomic E-state index is 0.0407. The molecule has 0 saturated carbocycles. The van der Waals surface area contributed by atoms with Crippen LogP contribution in [0.2, 0.25) is 5.02 Å². The lowest BCUT2D eigenvalue weighted by Crippen LogP contribution is -2.31. The van der Waals surface area contributed by atoms with Crippen LogP contribution in [0.15, 0.2) is 76.5 Å². The average Bonchev–Trinajstić information content (AvgIpc) is 3.13. The van der Waals surface area contributed by atoms with Gasteiger partial charge in [0.2, 0.25) is 0 Å². The number of rotatable bonds is 4. The van der Waals surface area contributed by atoms with E-state index in [9.17, 15) is 4.79 Å². The fraction of sp³-hybridized carbons (Fsp3) is 0.192. The normalized spacial score (nSPS) is 15.6. The fourth-order valence-electron chi connectivity index (χ4n) is 4.31. The van der Waals surface area contributed by atoms with Crippen LogP contribution in [-0.4, -0.2) is 10.9 Å². The largest absolute Gasteiger partial charge is 0.350 e. The van der Waals surface area contributed by atoms with Gasteiger partial charge in [-0.2, -0.15) is 0 Å². The van der Waals surface area contributed by atoms with Crippen molar-refractivity contribution in [1.82, 2.24) is 10.3 Å². The van der Waals surface area contributed by atoms with Crippen molar-refractivity contribution in [1.29, 1.82) is 0 Å². The first-order valence-electron chi connectivity index (χ1n) is 10.5. The Kier molecular flexibility index (Phi) is 5.51. The van der Waals surface area contributed by atoms with Crippen molar-refractivity contribution in [3.05, 3.63) is 94.1 Å². The van der Waals surface area contributed by atoms with Crippen LogP contribution < -0.4 is 5.32 Å². The van der Waals surface area contributed by atoms with E-state index in [2.05, 4.69) is 59.7 Å². The van der Waals surface area contributed by atoms with E-state index >= 15 is 0 Å². The first-order chi connectivity index (χ1) is 15.1. The molecule has 1 aliphatic carbocycles. The Morgan fingerprint density at radius 3 is 2.74 bits per heavy atom. The number of hydrogen-bond acceptors (Lipinski definition) is 2. The van der Waals surface area contributed by atoms with Crippen LogP contribution in [0.3, 0.4) is 0 Å². The van der Waals surface area contributed by atoms with Crippen molar-refractivity contribution in [2.45, 2.75) is 42.0 Å². The number of hydrogen-bond donors (Lipinski definition) is 2. The Labute approximate surface area is 191 Å². The van der Waals surface area contributed by atoms with Gasteiger partial charge in [-0.25, -0.2) is 0 Å². The lowest BCUT2D eigenvalue weighted by molar-refractivity contribution is 0.0925. The molecule has 3 aromatic carbocycles. The summed E-state index contributed by atoms with van der Waals surface area (Å²) in [6.45, 7) is 2.06. The van der Waals surface area contributed by atoms with Gasteiger partial charge in [0.25, 0.3) is 5.91 Å². The van der Waals surface area contributed by atoms with Crippen LogP contribution in [0.25, 0.3) is 10.9 Å². The van der Waals surface area contributed by atoms with E-state index in [1.165, 1.54) is 11.1 Å². The van der Waals surface area contributed by atoms with Crippen LogP contribution in [-0.2, 0) is 6.42 Å². The van der Waals surface area contributed by atoms with Gasteiger partial charge in [0.1, 0.15) is 5.69 Å². The van der Waals surface area contributed by atoms with E-state index in [0.717, 1.165) is 45.5 Å². The number of aromatic amines is 1. The number of H-pyrrole nitrogens is 1. The standard InChI is InChI=1S/C26H23ClN2OS/c1-16-9-14-21-23(15-16)28-24(25(21)31-19-12-10-18(27)11-13-19)26(30)29-22-8-4-6-17-5-2-3-7-20(17)22/h2-3,5,7,9-15,22,28H,4,6,8H2,1H3,(H,29,30)/t22-/m1/s1.